The predicted octanol–water partition coefficient (Wildman–Crippen LogP) is 1.47. The van der Waals surface area contributed by atoms with E-state index in [1.54, 1.807) is 0 Å². The minimum atomic E-state index is -0.264. The van der Waals surface area contributed by atoms with Gasteiger partial charge in [-0.3, -0.25) is 14.6 Å². The maximum atomic E-state index is 12.7. The average Bonchev–Trinajstić information content (AvgIpc) is 2.35. The molecule has 5 rings (SSSR count). The first-order valence-electron chi connectivity index (χ1n) is 6.42. The molecule has 18 heavy (non-hydrogen) atoms. The van der Waals surface area contributed by atoms with Gasteiger partial charge in [0.2, 0.25) is 0 Å². The van der Waals surface area contributed by atoms with Gasteiger partial charge in [0, 0.05) is 36.6 Å². The molecule has 94 valence electrons. The van der Waals surface area contributed by atoms with Gasteiger partial charge in [-0.25, -0.2) is 0 Å². The number of benzene rings is 1. The zero-order valence-corrected chi connectivity index (χ0v) is 11.7. The van der Waals surface area contributed by atoms with E-state index >= 15 is 0 Å². The number of rotatable bonds is 1. The number of Topliss-reactive ketones (excluding diaryl/α,β-unsaturated/α-hetero) is 1. The van der Waals surface area contributed by atoms with E-state index in [1.165, 1.54) is 5.56 Å². The summed E-state index contributed by atoms with van der Waals surface area (Å²) in [6.07, 6.45) is 0. The van der Waals surface area contributed by atoms with Crippen LogP contribution in [0.4, 0.5) is 0 Å². The lowest BCUT2D eigenvalue weighted by Crippen LogP contribution is -2.73. The van der Waals surface area contributed by atoms with Crippen molar-refractivity contribution in [2.75, 3.05) is 32.8 Å². The van der Waals surface area contributed by atoms with E-state index in [1.807, 2.05) is 12.1 Å². The Morgan fingerprint density at radius 1 is 1.11 bits per heavy atom. The fourth-order valence-corrected chi connectivity index (χ4v) is 4.19. The average molecular weight is 307 g/mol. The second-order valence-electron chi connectivity index (χ2n) is 5.81. The van der Waals surface area contributed by atoms with Crippen LogP contribution in [-0.2, 0) is 10.2 Å². The predicted molar refractivity (Wildman–Crippen MR) is 72.3 cm³/mol. The van der Waals surface area contributed by atoms with Crippen molar-refractivity contribution in [3.8, 4) is 0 Å². The first-order valence-corrected chi connectivity index (χ1v) is 7.22. The Kier molecular flexibility index (Phi) is 2.26. The number of carbonyl (C=O) groups is 1. The summed E-state index contributed by atoms with van der Waals surface area (Å²) in [6.45, 7) is 4.78. The highest BCUT2D eigenvalue weighted by Crippen LogP contribution is 2.42. The summed E-state index contributed by atoms with van der Waals surface area (Å²) in [4.78, 5) is 17.6. The van der Waals surface area contributed by atoms with Gasteiger partial charge in [0.1, 0.15) is 0 Å². The van der Waals surface area contributed by atoms with E-state index in [9.17, 15) is 4.79 Å². The van der Waals surface area contributed by atoms with Gasteiger partial charge in [0.05, 0.1) is 12.1 Å². The molecule has 2 atom stereocenters. The molecule has 4 heterocycles. The normalized spacial score (nSPS) is 41.4. The SMILES string of the molecule is O=C1C2CN3CN(C2)CC1(c1ccc(Br)cc1)C3. The minimum absolute atomic E-state index is 0.227. The number of hydrogen-bond donors (Lipinski definition) is 0. The van der Waals surface area contributed by atoms with Gasteiger partial charge in [-0.1, -0.05) is 28.1 Å². The molecule has 4 saturated heterocycles. The molecule has 0 N–H and O–H groups in total. The molecule has 4 fully saturated rings. The largest absolute Gasteiger partial charge is 0.298 e. The minimum Gasteiger partial charge on any atom is -0.298 e. The molecule has 0 aromatic heterocycles. The fourth-order valence-electron chi connectivity index (χ4n) is 3.93. The van der Waals surface area contributed by atoms with Crippen molar-refractivity contribution in [2.45, 2.75) is 5.41 Å². The fraction of sp³-hybridized carbons (Fsp3) is 0.500. The molecule has 0 aliphatic carbocycles. The van der Waals surface area contributed by atoms with Gasteiger partial charge >= 0.3 is 0 Å². The van der Waals surface area contributed by atoms with Crippen LogP contribution in [0.1, 0.15) is 5.56 Å². The lowest BCUT2D eigenvalue weighted by atomic mass is 9.65. The molecule has 3 nitrogen and oxygen atoms in total. The van der Waals surface area contributed by atoms with Gasteiger partial charge in [0.25, 0.3) is 0 Å². The first kappa shape index (κ1) is 11.1. The van der Waals surface area contributed by atoms with Crippen molar-refractivity contribution in [3.05, 3.63) is 34.3 Å². The Morgan fingerprint density at radius 3 is 2.33 bits per heavy atom. The number of carbonyl (C=O) groups excluding carboxylic acids is 1. The summed E-state index contributed by atoms with van der Waals surface area (Å²) in [7, 11) is 0. The van der Waals surface area contributed by atoms with Crippen molar-refractivity contribution in [3.63, 3.8) is 0 Å². The third-order valence-electron chi connectivity index (χ3n) is 4.58. The second-order valence-corrected chi connectivity index (χ2v) is 6.73. The van der Waals surface area contributed by atoms with E-state index in [4.69, 9.17) is 0 Å². The van der Waals surface area contributed by atoms with Crippen LogP contribution in [0, 0.1) is 5.92 Å². The summed E-state index contributed by atoms with van der Waals surface area (Å²) in [5.41, 5.74) is 0.926. The summed E-state index contributed by atoms with van der Waals surface area (Å²) in [5, 5.41) is 0. The van der Waals surface area contributed by atoms with Gasteiger partial charge in [-0.15, -0.1) is 0 Å². The molecule has 1 aromatic carbocycles. The van der Waals surface area contributed by atoms with Crippen molar-refractivity contribution in [2.24, 2.45) is 5.92 Å². The smallest absolute Gasteiger partial charge is 0.151 e. The van der Waals surface area contributed by atoms with E-state index in [0.717, 1.165) is 37.3 Å². The summed E-state index contributed by atoms with van der Waals surface area (Å²) in [6, 6.07) is 8.31. The Bertz CT molecular complexity index is 499. The van der Waals surface area contributed by atoms with Crippen LogP contribution in [0.25, 0.3) is 0 Å². The van der Waals surface area contributed by atoms with Gasteiger partial charge in [0.15, 0.2) is 5.78 Å². The van der Waals surface area contributed by atoms with E-state index in [2.05, 4.69) is 37.9 Å². The number of ketones is 1. The summed E-state index contributed by atoms with van der Waals surface area (Å²) < 4.78 is 1.07. The van der Waals surface area contributed by atoms with Crippen LogP contribution in [0.5, 0.6) is 0 Å². The molecule has 4 aliphatic heterocycles. The zero-order valence-electron chi connectivity index (χ0n) is 10.1. The molecular formula is C14H15BrN2O. The molecule has 2 unspecified atom stereocenters. The Labute approximate surface area is 115 Å². The van der Waals surface area contributed by atoms with Crippen LogP contribution in [0.3, 0.4) is 0 Å². The summed E-state index contributed by atoms with van der Waals surface area (Å²) in [5.74, 6) is 0.696. The highest BCUT2D eigenvalue weighted by atomic mass is 79.9. The molecule has 0 spiro atoms. The molecule has 0 amide bonds. The van der Waals surface area contributed by atoms with Crippen LogP contribution in [0.2, 0.25) is 0 Å². The monoisotopic (exact) mass is 306 g/mol. The van der Waals surface area contributed by atoms with Crippen LogP contribution >= 0.6 is 15.9 Å². The molecule has 1 aromatic rings. The van der Waals surface area contributed by atoms with E-state index in [0.29, 0.717) is 5.78 Å². The van der Waals surface area contributed by atoms with Crippen molar-refractivity contribution >= 4 is 21.7 Å². The number of halogens is 1. The second kappa shape index (κ2) is 3.65. The lowest BCUT2D eigenvalue weighted by molar-refractivity contribution is -0.153. The number of nitrogens with zero attached hydrogens (tertiary/aromatic N) is 2. The Morgan fingerprint density at radius 2 is 1.72 bits per heavy atom. The topological polar surface area (TPSA) is 23.6 Å². The number of piperidine rings is 2. The van der Waals surface area contributed by atoms with Crippen molar-refractivity contribution in [1.29, 1.82) is 0 Å². The molecular weight excluding hydrogens is 292 g/mol. The van der Waals surface area contributed by atoms with Crippen LogP contribution < -0.4 is 0 Å². The maximum absolute atomic E-state index is 12.7. The third kappa shape index (κ3) is 1.40. The van der Waals surface area contributed by atoms with E-state index in [-0.39, 0.29) is 11.3 Å². The van der Waals surface area contributed by atoms with Crippen molar-refractivity contribution < 1.29 is 4.79 Å². The number of hydrogen-bond acceptors (Lipinski definition) is 3. The molecule has 4 heteroatoms. The van der Waals surface area contributed by atoms with Crippen molar-refractivity contribution in [1.82, 2.24) is 9.80 Å². The zero-order chi connectivity index (χ0) is 12.3. The quantitative estimate of drug-likeness (QED) is 0.785. The lowest BCUT2D eigenvalue weighted by Gasteiger charge is -2.58. The van der Waals surface area contributed by atoms with Crippen LogP contribution in [-0.4, -0.2) is 48.4 Å². The molecule has 4 bridgehead atoms. The molecule has 0 saturated carbocycles. The van der Waals surface area contributed by atoms with E-state index < -0.39 is 0 Å². The summed E-state index contributed by atoms with van der Waals surface area (Å²) >= 11 is 3.46. The first-order chi connectivity index (χ1) is 8.67. The maximum Gasteiger partial charge on any atom is 0.151 e. The van der Waals surface area contributed by atoms with Gasteiger partial charge in [-0.05, 0) is 17.7 Å². The molecule has 4 aliphatic rings. The highest BCUT2D eigenvalue weighted by Gasteiger charge is 2.56. The van der Waals surface area contributed by atoms with Gasteiger partial charge < -0.3 is 0 Å². The highest BCUT2D eigenvalue weighted by molar-refractivity contribution is 9.10. The molecule has 0 radical (unpaired) electrons. The van der Waals surface area contributed by atoms with Gasteiger partial charge in [-0.2, -0.15) is 0 Å². The third-order valence-corrected chi connectivity index (χ3v) is 5.11. The standard InChI is InChI=1S/C14H15BrN2O/c15-12-3-1-11(2-4-12)14-7-16-5-10(13(14)18)6-17(8-14)9-16/h1-4,10H,5-9H2. The Hall–Kier alpha value is -0.710. The van der Waals surface area contributed by atoms with Crippen LogP contribution in [0.15, 0.2) is 28.7 Å². The Balaban J connectivity index is 1.82.